The fourth-order valence-corrected chi connectivity index (χ4v) is 2.82. The summed E-state index contributed by atoms with van der Waals surface area (Å²) in [4.78, 5) is 13.5. The van der Waals surface area contributed by atoms with Crippen molar-refractivity contribution in [3.8, 4) is 0 Å². The van der Waals surface area contributed by atoms with Gasteiger partial charge >= 0.3 is 6.18 Å². The van der Waals surface area contributed by atoms with E-state index in [0.717, 1.165) is 16.2 Å². The molecular weight excluding hydrogens is 281 g/mol. The van der Waals surface area contributed by atoms with Crippen molar-refractivity contribution in [1.82, 2.24) is 4.90 Å². The summed E-state index contributed by atoms with van der Waals surface area (Å²) in [5, 5.41) is 3.14. The molecule has 6 heteroatoms. The fourth-order valence-electron chi connectivity index (χ4n) is 2.82. The topological polar surface area (TPSA) is 32.3 Å². The van der Waals surface area contributed by atoms with Gasteiger partial charge in [-0.2, -0.15) is 13.2 Å². The van der Waals surface area contributed by atoms with Crippen molar-refractivity contribution in [3.05, 3.63) is 29.8 Å². The molecule has 1 aromatic rings. The molecule has 3 rings (SSSR count). The number of benzene rings is 1. The van der Waals surface area contributed by atoms with Crippen LogP contribution in [0.4, 0.5) is 18.9 Å². The number of hydrogen-bond acceptors (Lipinski definition) is 2. The summed E-state index contributed by atoms with van der Waals surface area (Å²) >= 11 is 0. The second kappa shape index (κ2) is 5.24. The van der Waals surface area contributed by atoms with E-state index in [2.05, 4.69) is 5.32 Å². The summed E-state index contributed by atoms with van der Waals surface area (Å²) < 4.78 is 38.0. The zero-order valence-corrected chi connectivity index (χ0v) is 11.5. The smallest absolute Gasteiger partial charge is 0.384 e. The number of rotatable bonds is 3. The Hall–Kier alpha value is -1.72. The molecule has 0 aromatic heterocycles. The first kappa shape index (κ1) is 14.2. The van der Waals surface area contributed by atoms with Crippen LogP contribution in [0.25, 0.3) is 0 Å². The third-order valence-corrected chi connectivity index (χ3v) is 3.99. The zero-order valence-electron chi connectivity index (χ0n) is 11.5. The molecule has 1 aromatic carbocycles. The van der Waals surface area contributed by atoms with Gasteiger partial charge in [0.15, 0.2) is 0 Å². The van der Waals surface area contributed by atoms with Crippen LogP contribution in [0.1, 0.15) is 18.4 Å². The maximum absolute atomic E-state index is 12.7. The van der Waals surface area contributed by atoms with E-state index in [9.17, 15) is 18.0 Å². The summed E-state index contributed by atoms with van der Waals surface area (Å²) in [6, 6.07) is 7.38. The Balaban J connectivity index is 1.72. The number of halogens is 3. The van der Waals surface area contributed by atoms with Crippen molar-refractivity contribution in [2.75, 3.05) is 18.4 Å². The molecule has 1 N–H and O–H groups in total. The van der Waals surface area contributed by atoms with Crippen LogP contribution in [0.3, 0.4) is 0 Å². The normalized spacial score (nSPS) is 21.4. The van der Waals surface area contributed by atoms with E-state index in [0.29, 0.717) is 25.8 Å². The molecule has 1 aliphatic carbocycles. The molecule has 0 saturated heterocycles. The zero-order chi connectivity index (χ0) is 15.0. The number of amides is 1. The van der Waals surface area contributed by atoms with Crippen molar-refractivity contribution < 1.29 is 18.0 Å². The van der Waals surface area contributed by atoms with E-state index in [4.69, 9.17) is 0 Å². The van der Waals surface area contributed by atoms with E-state index in [1.807, 2.05) is 24.3 Å². The van der Waals surface area contributed by atoms with E-state index >= 15 is 0 Å². The number of para-hydroxylation sites is 1. The number of carbonyl (C=O) groups is 1. The first-order chi connectivity index (χ1) is 9.94. The molecule has 1 aliphatic heterocycles. The van der Waals surface area contributed by atoms with Crippen LogP contribution in [0.15, 0.2) is 24.3 Å². The lowest BCUT2D eigenvalue weighted by atomic mass is 9.92. The molecular formula is C15H17F3N2O. The molecule has 0 bridgehead atoms. The summed E-state index contributed by atoms with van der Waals surface area (Å²) in [5.41, 5.74) is 1.96. The van der Waals surface area contributed by atoms with Gasteiger partial charge in [0.05, 0.1) is 5.92 Å². The van der Waals surface area contributed by atoms with Crippen LogP contribution in [0, 0.1) is 5.92 Å². The highest BCUT2D eigenvalue weighted by molar-refractivity contribution is 5.81. The Morgan fingerprint density at radius 1 is 1.29 bits per heavy atom. The van der Waals surface area contributed by atoms with Crippen molar-refractivity contribution in [3.63, 3.8) is 0 Å². The molecule has 1 fully saturated rings. The van der Waals surface area contributed by atoms with Crippen LogP contribution >= 0.6 is 0 Å². The van der Waals surface area contributed by atoms with Gasteiger partial charge in [-0.05, 0) is 30.9 Å². The van der Waals surface area contributed by atoms with Gasteiger partial charge in [0.1, 0.15) is 6.54 Å². The van der Waals surface area contributed by atoms with E-state index in [-0.39, 0.29) is 11.9 Å². The molecule has 2 aliphatic rings. The average Bonchev–Trinajstić information content (AvgIpc) is 3.27. The van der Waals surface area contributed by atoms with Crippen LogP contribution < -0.4 is 5.32 Å². The second-order valence-corrected chi connectivity index (χ2v) is 5.75. The Morgan fingerprint density at radius 2 is 2.00 bits per heavy atom. The first-order valence-electron chi connectivity index (χ1n) is 7.13. The summed E-state index contributed by atoms with van der Waals surface area (Å²) in [6.07, 6.45) is -2.47. The van der Waals surface area contributed by atoms with E-state index < -0.39 is 18.6 Å². The lowest BCUT2D eigenvalue weighted by Crippen LogP contribution is -2.46. The van der Waals surface area contributed by atoms with Crippen molar-refractivity contribution in [1.29, 1.82) is 0 Å². The Kier molecular flexibility index (Phi) is 3.55. The maximum Gasteiger partial charge on any atom is 0.406 e. The van der Waals surface area contributed by atoms with Gasteiger partial charge in [-0.25, -0.2) is 0 Å². The van der Waals surface area contributed by atoms with Crippen molar-refractivity contribution >= 4 is 11.6 Å². The Bertz CT molecular complexity index is 540. The number of hydrogen-bond donors (Lipinski definition) is 1. The standard InChI is InChI=1S/C15H17F3N2O/c16-15(17,18)9-20(12-5-6-12)14(21)11-7-10-3-1-2-4-13(10)19-8-11/h1-4,11-12,19H,5-9H2. The highest BCUT2D eigenvalue weighted by Gasteiger charge is 2.42. The number of alkyl halides is 3. The molecule has 1 atom stereocenters. The molecule has 1 saturated carbocycles. The minimum atomic E-state index is -4.34. The van der Waals surface area contributed by atoms with Gasteiger partial charge in [-0.15, -0.1) is 0 Å². The minimum Gasteiger partial charge on any atom is -0.384 e. The molecule has 1 amide bonds. The van der Waals surface area contributed by atoms with Gasteiger partial charge in [0.25, 0.3) is 0 Å². The van der Waals surface area contributed by atoms with Gasteiger partial charge in [0, 0.05) is 18.3 Å². The predicted octanol–water partition coefficient (Wildman–Crippen LogP) is 2.82. The van der Waals surface area contributed by atoms with Gasteiger partial charge in [-0.3, -0.25) is 4.79 Å². The number of nitrogens with zero attached hydrogens (tertiary/aromatic N) is 1. The Labute approximate surface area is 121 Å². The molecule has 3 nitrogen and oxygen atoms in total. The average molecular weight is 298 g/mol. The summed E-state index contributed by atoms with van der Waals surface area (Å²) in [6.45, 7) is -0.731. The third-order valence-electron chi connectivity index (χ3n) is 3.99. The fraction of sp³-hybridized carbons (Fsp3) is 0.533. The van der Waals surface area contributed by atoms with Crippen LogP contribution in [-0.4, -0.2) is 36.1 Å². The SMILES string of the molecule is O=C(C1CNc2ccccc2C1)N(CC(F)(F)F)C1CC1. The number of carbonyl (C=O) groups excluding carboxylic acids is 1. The van der Waals surface area contributed by atoms with Crippen molar-refractivity contribution in [2.45, 2.75) is 31.5 Å². The second-order valence-electron chi connectivity index (χ2n) is 5.75. The molecule has 114 valence electrons. The monoisotopic (exact) mass is 298 g/mol. The van der Waals surface area contributed by atoms with E-state index in [1.165, 1.54) is 0 Å². The quantitative estimate of drug-likeness (QED) is 0.930. The number of nitrogens with one attached hydrogen (secondary N) is 1. The molecule has 1 heterocycles. The maximum atomic E-state index is 12.7. The van der Waals surface area contributed by atoms with Gasteiger partial charge in [-0.1, -0.05) is 18.2 Å². The van der Waals surface area contributed by atoms with Crippen LogP contribution in [0.2, 0.25) is 0 Å². The van der Waals surface area contributed by atoms with E-state index in [1.54, 1.807) is 0 Å². The first-order valence-corrected chi connectivity index (χ1v) is 7.13. The van der Waals surface area contributed by atoms with Crippen LogP contribution in [-0.2, 0) is 11.2 Å². The lowest BCUT2D eigenvalue weighted by molar-refractivity contribution is -0.164. The number of fused-ring (bicyclic) bond motifs is 1. The molecule has 1 unspecified atom stereocenters. The van der Waals surface area contributed by atoms with Gasteiger partial charge < -0.3 is 10.2 Å². The number of anilines is 1. The molecule has 21 heavy (non-hydrogen) atoms. The highest BCUT2D eigenvalue weighted by atomic mass is 19.4. The minimum absolute atomic E-state index is 0.226. The highest BCUT2D eigenvalue weighted by Crippen LogP contribution is 2.33. The molecule has 0 spiro atoms. The van der Waals surface area contributed by atoms with Gasteiger partial charge in [0.2, 0.25) is 5.91 Å². The van der Waals surface area contributed by atoms with Crippen molar-refractivity contribution in [2.24, 2.45) is 5.92 Å². The third kappa shape index (κ3) is 3.31. The Morgan fingerprint density at radius 3 is 2.67 bits per heavy atom. The summed E-state index contributed by atoms with van der Waals surface area (Å²) in [5.74, 6) is -0.792. The predicted molar refractivity (Wildman–Crippen MR) is 72.9 cm³/mol. The lowest BCUT2D eigenvalue weighted by Gasteiger charge is -2.31. The largest absolute Gasteiger partial charge is 0.406 e. The van der Waals surface area contributed by atoms with Crippen LogP contribution in [0.5, 0.6) is 0 Å². The summed E-state index contributed by atoms with van der Waals surface area (Å²) in [7, 11) is 0. The molecule has 0 radical (unpaired) electrons.